The first kappa shape index (κ1) is 9.28. The molecule has 1 rings (SSSR count). The van der Waals surface area contributed by atoms with Gasteiger partial charge >= 0.3 is 6.09 Å². The summed E-state index contributed by atoms with van der Waals surface area (Å²) in [5.41, 5.74) is 0. The standard InChI is InChI=1S/C7H7NO2S2/c9-7(8(11)12)10-6-4-2-1-3-5-6/h1-5,11-12H. The molecule has 0 saturated carbocycles. The van der Waals surface area contributed by atoms with Gasteiger partial charge in [-0.1, -0.05) is 18.2 Å². The summed E-state index contributed by atoms with van der Waals surface area (Å²) in [6.07, 6.45) is -0.632. The predicted octanol–water partition coefficient (Wildman–Crippen LogP) is 2.18. The fourth-order valence-electron chi connectivity index (χ4n) is 0.630. The van der Waals surface area contributed by atoms with Crippen LogP contribution < -0.4 is 4.74 Å². The minimum Gasteiger partial charge on any atom is -0.409 e. The molecular weight excluding hydrogens is 194 g/mol. The highest BCUT2D eigenvalue weighted by Crippen LogP contribution is 2.11. The van der Waals surface area contributed by atoms with E-state index in [1.54, 1.807) is 24.3 Å². The van der Waals surface area contributed by atoms with Crippen LogP contribution >= 0.6 is 25.6 Å². The Bertz CT molecular complexity index is 263. The average molecular weight is 201 g/mol. The van der Waals surface area contributed by atoms with Crippen molar-refractivity contribution in [2.45, 2.75) is 0 Å². The normalized spacial score (nSPS) is 9.17. The van der Waals surface area contributed by atoms with Gasteiger partial charge in [0, 0.05) is 0 Å². The van der Waals surface area contributed by atoms with Crippen molar-refractivity contribution in [2.75, 3.05) is 0 Å². The van der Waals surface area contributed by atoms with Crippen LogP contribution in [0, 0.1) is 0 Å². The van der Waals surface area contributed by atoms with Crippen LogP contribution in [0.4, 0.5) is 4.79 Å². The maximum Gasteiger partial charge on any atom is 0.435 e. The molecule has 0 aliphatic carbocycles. The van der Waals surface area contributed by atoms with Crippen LogP contribution in [0.2, 0.25) is 0 Å². The topological polar surface area (TPSA) is 29.5 Å². The van der Waals surface area contributed by atoms with E-state index in [2.05, 4.69) is 25.6 Å². The van der Waals surface area contributed by atoms with Crippen LogP contribution in [0.1, 0.15) is 0 Å². The van der Waals surface area contributed by atoms with E-state index in [0.29, 0.717) is 5.75 Å². The third-order valence-corrected chi connectivity index (χ3v) is 1.44. The number of nitrogens with zero attached hydrogens (tertiary/aromatic N) is 1. The molecule has 0 radical (unpaired) electrons. The van der Waals surface area contributed by atoms with E-state index in [1.165, 1.54) is 0 Å². The van der Waals surface area contributed by atoms with Crippen molar-refractivity contribution in [2.24, 2.45) is 0 Å². The number of rotatable bonds is 1. The van der Waals surface area contributed by atoms with Crippen LogP contribution in [-0.4, -0.2) is 9.80 Å². The first-order valence-corrected chi connectivity index (χ1v) is 3.95. The highest BCUT2D eigenvalue weighted by Gasteiger charge is 2.06. The van der Waals surface area contributed by atoms with Crippen LogP contribution in [-0.2, 0) is 0 Å². The molecule has 0 spiro atoms. The maximum absolute atomic E-state index is 10.9. The summed E-state index contributed by atoms with van der Waals surface area (Å²) in [6.45, 7) is 0. The van der Waals surface area contributed by atoms with Gasteiger partial charge in [-0.25, -0.2) is 4.79 Å². The summed E-state index contributed by atoms with van der Waals surface area (Å²) in [4.78, 5) is 10.9. The molecule has 5 heteroatoms. The Morgan fingerprint density at radius 3 is 2.33 bits per heavy atom. The Balaban J connectivity index is 2.59. The lowest BCUT2D eigenvalue weighted by molar-refractivity contribution is 0.197. The summed E-state index contributed by atoms with van der Waals surface area (Å²) >= 11 is 7.29. The molecule has 0 atom stereocenters. The number of amides is 1. The molecule has 3 nitrogen and oxygen atoms in total. The van der Waals surface area contributed by atoms with Gasteiger partial charge in [-0.15, -0.1) is 0 Å². The Labute approximate surface area is 81.4 Å². The smallest absolute Gasteiger partial charge is 0.409 e. The van der Waals surface area contributed by atoms with Crippen LogP contribution in [0.15, 0.2) is 30.3 Å². The van der Waals surface area contributed by atoms with Crippen LogP contribution in [0.5, 0.6) is 5.75 Å². The molecule has 0 bridgehead atoms. The predicted molar refractivity (Wildman–Crippen MR) is 52.3 cm³/mol. The van der Waals surface area contributed by atoms with Gasteiger partial charge in [0.2, 0.25) is 0 Å². The van der Waals surface area contributed by atoms with Gasteiger partial charge in [-0.3, -0.25) is 0 Å². The molecule has 0 heterocycles. The zero-order chi connectivity index (χ0) is 8.97. The van der Waals surface area contributed by atoms with Crippen LogP contribution in [0.3, 0.4) is 0 Å². The maximum atomic E-state index is 10.9. The van der Waals surface area contributed by atoms with E-state index in [-0.39, 0.29) is 0 Å². The highest BCUT2D eigenvalue weighted by molar-refractivity contribution is 7.94. The van der Waals surface area contributed by atoms with Gasteiger partial charge in [0.1, 0.15) is 5.75 Å². The monoisotopic (exact) mass is 201 g/mol. The summed E-state index contributed by atoms with van der Waals surface area (Å²) in [6, 6.07) is 8.70. The zero-order valence-corrected chi connectivity index (χ0v) is 7.83. The number of hydrogen-bond acceptors (Lipinski definition) is 4. The highest BCUT2D eigenvalue weighted by atomic mass is 32.2. The molecule has 12 heavy (non-hydrogen) atoms. The number of para-hydroxylation sites is 1. The Morgan fingerprint density at radius 1 is 1.25 bits per heavy atom. The molecular formula is C7H7NO2S2. The van der Waals surface area contributed by atoms with E-state index >= 15 is 0 Å². The molecule has 0 saturated heterocycles. The Hall–Kier alpha value is -0.810. The summed E-state index contributed by atoms with van der Waals surface area (Å²) in [7, 11) is 0. The lowest BCUT2D eigenvalue weighted by atomic mass is 10.3. The number of thiol groups is 2. The third kappa shape index (κ3) is 2.67. The van der Waals surface area contributed by atoms with Crippen LogP contribution in [0.25, 0.3) is 0 Å². The lowest BCUT2D eigenvalue weighted by Crippen LogP contribution is -2.16. The van der Waals surface area contributed by atoms with Crippen molar-refractivity contribution in [3.63, 3.8) is 0 Å². The molecule has 0 aliphatic rings. The first-order chi connectivity index (χ1) is 5.70. The van der Waals surface area contributed by atoms with E-state index in [4.69, 9.17) is 4.74 Å². The lowest BCUT2D eigenvalue weighted by Gasteiger charge is -2.07. The van der Waals surface area contributed by atoms with Gasteiger partial charge in [-0.2, -0.15) is 3.71 Å². The fourth-order valence-corrected chi connectivity index (χ4v) is 0.712. The van der Waals surface area contributed by atoms with Gasteiger partial charge in [-0.05, 0) is 37.8 Å². The van der Waals surface area contributed by atoms with E-state index in [0.717, 1.165) is 3.71 Å². The number of carbonyl (C=O) groups is 1. The van der Waals surface area contributed by atoms with E-state index < -0.39 is 6.09 Å². The van der Waals surface area contributed by atoms with Crippen molar-refractivity contribution in [1.82, 2.24) is 3.71 Å². The second kappa shape index (κ2) is 4.27. The largest absolute Gasteiger partial charge is 0.435 e. The molecule has 0 aliphatic heterocycles. The molecule has 64 valence electrons. The van der Waals surface area contributed by atoms with Crippen molar-refractivity contribution < 1.29 is 9.53 Å². The minimum atomic E-state index is -0.632. The van der Waals surface area contributed by atoms with Crippen molar-refractivity contribution >= 4 is 31.7 Å². The molecule has 0 aromatic heterocycles. The Kier molecular flexibility index (Phi) is 3.31. The molecule has 1 aromatic rings. The quantitative estimate of drug-likeness (QED) is 0.682. The second-order valence-corrected chi connectivity index (χ2v) is 3.09. The molecule has 1 aromatic carbocycles. The van der Waals surface area contributed by atoms with Gasteiger partial charge in [0.05, 0.1) is 0 Å². The van der Waals surface area contributed by atoms with Crippen molar-refractivity contribution in [1.29, 1.82) is 0 Å². The number of hydrogen-bond donors (Lipinski definition) is 2. The Morgan fingerprint density at radius 2 is 1.83 bits per heavy atom. The van der Waals surface area contributed by atoms with E-state index in [9.17, 15) is 4.79 Å². The number of ether oxygens (including phenoxy) is 1. The second-order valence-electron chi connectivity index (χ2n) is 1.97. The summed E-state index contributed by atoms with van der Waals surface area (Å²) in [5.74, 6) is 0.468. The van der Waals surface area contributed by atoms with Gasteiger partial charge in [0.25, 0.3) is 0 Å². The fraction of sp³-hybridized carbons (Fsp3) is 0. The molecule has 0 N–H and O–H groups in total. The van der Waals surface area contributed by atoms with Gasteiger partial charge < -0.3 is 4.74 Å². The van der Waals surface area contributed by atoms with E-state index in [1.807, 2.05) is 6.07 Å². The zero-order valence-electron chi connectivity index (χ0n) is 6.04. The summed E-state index contributed by atoms with van der Waals surface area (Å²) < 4.78 is 5.58. The third-order valence-electron chi connectivity index (χ3n) is 1.11. The molecule has 1 amide bonds. The summed E-state index contributed by atoms with van der Waals surface area (Å²) in [5, 5.41) is 0. The molecule has 0 unspecified atom stereocenters. The number of carbonyl (C=O) groups excluding carboxylic acids is 1. The minimum absolute atomic E-state index is 0.468. The van der Waals surface area contributed by atoms with Crippen molar-refractivity contribution in [3.05, 3.63) is 30.3 Å². The average Bonchev–Trinajstić information content (AvgIpc) is 2.06. The van der Waals surface area contributed by atoms with Crippen molar-refractivity contribution in [3.8, 4) is 5.75 Å². The SMILES string of the molecule is O=C(Oc1ccccc1)N(S)S. The molecule has 0 fully saturated rings. The number of benzene rings is 1. The van der Waals surface area contributed by atoms with Gasteiger partial charge in [0.15, 0.2) is 0 Å². The first-order valence-electron chi connectivity index (χ1n) is 3.15.